The maximum absolute atomic E-state index is 11.3. The number of sulfonamides is 1. The van der Waals surface area contributed by atoms with E-state index in [0.29, 0.717) is 13.1 Å². The summed E-state index contributed by atoms with van der Waals surface area (Å²) >= 11 is 0. The van der Waals surface area contributed by atoms with E-state index < -0.39 is 10.0 Å². The Morgan fingerprint density at radius 3 is 2.46 bits per heavy atom. The van der Waals surface area contributed by atoms with Crippen molar-refractivity contribution in [2.24, 2.45) is 0 Å². The molecule has 0 aliphatic heterocycles. The topological polar surface area (TPSA) is 64.0 Å². The van der Waals surface area contributed by atoms with E-state index in [1.165, 1.54) is 11.8 Å². The molecule has 0 amide bonds. The van der Waals surface area contributed by atoms with Crippen LogP contribution in [0.2, 0.25) is 0 Å². The predicted octanol–water partition coefficient (Wildman–Crippen LogP) is 2.37. The van der Waals surface area contributed by atoms with Crippen LogP contribution in [0.3, 0.4) is 0 Å². The Bertz CT molecular complexity index is 918. The first-order chi connectivity index (χ1) is 11.5. The fourth-order valence-electron chi connectivity index (χ4n) is 2.81. The monoisotopic (exact) mass is 343 g/mol. The first-order valence-electron chi connectivity index (χ1n) is 7.96. The summed E-state index contributed by atoms with van der Waals surface area (Å²) in [6, 6.07) is 18.3. The highest BCUT2D eigenvalue weighted by Crippen LogP contribution is 2.17. The molecule has 0 unspecified atom stereocenters. The van der Waals surface area contributed by atoms with Crippen LogP contribution in [0.15, 0.2) is 54.6 Å². The van der Waals surface area contributed by atoms with E-state index >= 15 is 0 Å². The third-order valence-corrected chi connectivity index (χ3v) is 4.64. The van der Waals surface area contributed by atoms with E-state index in [1.54, 1.807) is 0 Å². The normalized spacial score (nSPS) is 11.9. The van der Waals surface area contributed by atoms with Gasteiger partial charge in [0.1, 0.15) is 5.82 Å². The first kappa shape index (κ1) is 16.7. The minimum Gasteiger partial charge on any atom is -0.327 e. The second-order valence-electron chi connectivity index (χ2n) is 5.82. The van der Waals surface area contributed by atoms with Gasteiger partial charge >= 0.3 is 0 Å². The van der Waals surface area contributed by atoms with Crippen molar-refractivity contribution in [2.45, 2.75) is 19.4 Å². The molecule has 1 heterocycles. The molecule has 6 heteroatoms. The van der Waals surface area contributed by atoms with E-state index in [2.05, 4.69) is 21.4 Å². The molecule has 126 valence electrons. The number of nitrogens with zero attached hydrogens (tertiary/aromatic N) is 2. The van der Waals surface area contributed by atoms with Gasteiger partial charge < -0.3 is 4.57 Å². The molecule has 2 aromatic carbocycles. The molecule has 0 fully saturated rings. The van der Waals surface area contributed by atoms with Crippen molar-refractivity contribution in [3.63, 3.8) is 0 Å². The SMILES string of the molecule is CS(=O)(=O)NCCn1c(CCc2ccccc2)nc2ccccc21. The molecule has 0 saturated heterocycles. The number of para-hydroxylation sites is 2. The van der Waals surface area contributed by atoms with Gasteiger partial charge in [-0.2, -0.15) is 0 Å². The summed E-state index contributed by atoms with van der Waals surface area (Å²) in [5, 5.41) is 0. The zero-order valence-electron chi connectivity index (χ0n) is 13.6. The average molecular weight is 343 g/mol. The van der Waals surface area contributed by atoms with Crippen molar-refractivity contribution >= 4 is 21.1 Å². The zero-order valence-corrected chi connectivity index (χ0v) is 14.5. The molecule has 1 N–H and O–H groups in total. The zero-order chi connectivity index (χ0) is 17.0. The van der Waals surface area contributed by atoms with Crippen LogP contribution in [0.25, 0.3) is 11.0 Å². The van der Waals surface area contributed by atoms with Crippen LogP contribution >= 0.6 is 0 Å². The van der Waals surface area contributed by atoms with Crippen LogP contribution < -0.4 is 4.72 Å². The maximum Gasteiger partial charge on any atom is 0.208 e. The third-order valence-electron chi connectivity index (χ3n) is 3.91. The van der Waals surface area contributed by atoms with Crippen LogP contribution in [0.1, 0.15) is 11.4 Å². The second kappa shape index (κ2) is 7.15. The molecule has 0 bridgehead atoms. The highest BCUT2D eigenvalue weighted by molar-refractivity contribution is 7.88. The Labute approximate surface area is 142 Å². The summed E-state index contributed by atoms with van der Waals surface area (Å²) in [5.41, 5.74) is 3.25. The number of aromatic nitrogens is 2. The number of nitrogens with one attached hydrogen (secondary N) is 1. The van der Waals surface area contributed by atoms with Crippen molar-refractivity contribution in [3.8, 4) is 0 Å². The standard InChI is InChI=1S/C18H21N3O2S/c1-24(22,23)19-13-14-21-17-10-6-5-9-16(17)20-18(21)12-11-15-7-3-2-4-8-15/h2-10,19H,11-14H2,1H3. The van der Waals surface area contributed by atoms with Crippen molar-refractivity contribution in [3.05, 3.63) is 66.0 Å². The van der Waals surface area contributed by atoms with E-state index in [0.717, 1.165) is 29.7 Å². The third kappa shape index (κ3) is 4.21. The van der Waals surface area contributed by atoms with Gasteiger partial charge in [0.25, 0.3) is 0 Å². The molecule has 0 radical (unpaired) electrons. The molecule has 0 aliphatic carbocycles. The first-order valence-corrected chi connectivity index (χ1v) is 9.85. The molecular weight excluding hydrogens is 322 g/mol. The molecule has 5 nitrogen and oxygen atoms in total. The molecule has 3 aromatic rings. The molecular formula is C18H21N3O2S. The Morgan fingerprint density at radius 1 is 1.00 bits per heavy atom. The smallest absolute Gasteiger partial charge is 0.208 e. The van der Waals surface area contributed by atoms with Crippen LogP contribution in [0.5, 0.6) is 0 Å². The highest BCUT2D eigenvalue weighted by Gasteiger charge is 2.11. The highest BCUT2D eigenvalue weighted by atomic mass is 32.2. The summed E-state index contributed by atoms with van der Waals surface area (Å²) in [7, 11) is -3.18. The van der Waals surface area contributed by atoms with Crippen molar-refractivity contribution in [1.82, 2.24) is 14.3 Å². The Morgan fingerprint density at radius 2 is 1.71 bits per heavy atom. The van der Waals surface area contributed by atoms with E-state index in [4.69, 9.17) is 4.98 Å². The largest absolute Gasteiger partial charge is 0.327 e. The average Bonchev–Trinajstić information content (AvgIpc) is 2.91. The van der Waals surface area contributed by atoms with Crippen molar-refractivity contribution in [2.75, 3.05) is 12.8 Å². The number of benzene rings is 2. The van der Waals surface area contributed by atoms with Gasteiger partial charge in [-0.1, -0.05) is 42.5 Å². The van der Waals surface area contributed by atoms with Gasteiger partial charge in [-0.15, -0.1) is 0 Å². The van der Waals surface area contributed by atoms with E-state index in [9.17, 15) is 8.42 Å². The van der Waals surface area contributed by atoms with Gasteiger partial charge in [0.05, 0.1) is 17.3 Å². The quantitative estimate of drug-likeness (QED) is 0.716. The van der Waals surface area contributed by atoms with E-state index in [1.807, 2.05) is 42.5 Å². The van der Waals surface area contributed by atoms with Crippen LogP contribution in [-0.4, -0.2) is 30.8 Å². The van der Waals surface area contributed by atoms with Gasteiger partial charge in [0, 0.05) is 19.5 Å². The molecule has 0 atom stereocenters. The molecule has 24 heavy (non-hydrogen) atoms. The van der Waals surface area contributed by atoms with Gasteiger partial charge in [-0.3, -0.25) is 0 Å². The molecule has 3 rings (SSSR count). The fraction of sp³-hybridized carbons (Fsp3) is 0.278. The maximum atomic E-state index is 11.3. The summed E-state index contributed by atoms with van der Waals surface area (Å²) < 4.78 is 27.2. The summed E-state index contributed by atoms with van der Waals surface area (Å²) in [5.74, 6) is 0.982. The van der Waals surface area contributed by atoms with Gasteiger partial charge in [0.15, 0.2) is 0 Å². The van der Waals surface area contributed by atoms with E-state index in [-0.39, 0.29) is 0 Å². The number of hydrogen-bond acceptors (Lipinski definition) is 3. The van der Waals surface area contributed by atoms with Gasteiger partial charge in [-0.05, 0) is 24.1 Å². The summed E-state index contributed by atoms with van der Waals surface area (Å²) in [6.07, 6.45) is 2.90. The summed E-state index contributed by atoms with van der Waals surface area (Å²) in [6.45, 7) is 0.926. The minimum atomic E-state index is -3.18. The van der Waals surface area contributed by atoms with Crippen LogP contribution in [0, 0.1) is 0 Å². The molecule has 0 aliphatic rings. The Kier molecular flexibility index (Phi) is 4.97. The van der Waals surface area contributed by atoms with Gasteiger partial charge in [0.2, 0.25) is 10.0 Å². The van der Waals surface area contributed by atoms with Crippen LogP contribution in [-0.2, 0) is 29.4 Å². The number of fused-ring (bicyclic) bond motifs is 1. The summed E-state index contributed by atoms with van der Waals surface area (Å²) in [4.78, 5) is 4.73. The van der Waals surface area contributed by atoms with Crippen molar-refractivity contribution < 1.29 is 8.42 Å². The molecule has 1 aromatic heterocycles. The number of hydrogen-bond donors (Lipinski definition) is 1. The fourth-order valence-corrected chi connectivity index (χ4v) is 3.27. The number of aryl methyl sites for hydroxylation is 2. The molecule has 0 saturated carbocycles. The Balaban J connectivity index is 1.81. The van der Waals surface area contributed by atoms with Gasteiger partial charge in [-0.25, -0.2) is 18.1 Å². The number of rotatable bonds is 7. The number of imidazole rings is 1. The molecule has 0 spiro atoms. The minimum absolute atomic E-state index is 0.359. The lowest BCUT2D eigenvalue weighted by Crippen LogP contribution is -2.26. The predicted molar refractivity (Wildman–Crippen MR) is 96.4 cm³/mol. The lowest BCUT2D eigenvalue weighted by atomic mass is 10.1. The Hall–Kier alpha value is -2.18. The lowest BCUT2D eigenvalue weighted by Gasteiger charge is -2.10. The van der Waals surface area contributed by atoms with Crippen LogP contribution in [0.4, 0.5) is 0 Å². The lowest BCUT2D eigenvalue weighted by molar-refractivity contribution is 0.576. The second-order valence-corrected chi connectivity index (χ2v) is 7.65. The van der Waals surface area contributed by atoms with Crippen molar-refractivity contribution in [1.29, 1.82) is 0 Å².